The van der Waals surface area contributed by atoms with Crippen LogP contribution in [0.15, 0.2) is 53.5 Å². The molecule has 12 rings (SSSR count). The number of aromatic nitrogens is 5. The number of nitrogens with one attached hydrogen (secondary N) is 2. The number of carbonyl (C=O) groups excluding carboxylic acids is 2. The van der Waals surface area contributed by atoms with Crippen LogP contribution < -0.4 is 31.0 Å². The van der Waals surface area contributed by atoms with Gasteiger partial charge in [0.05, 0.1) is 22.0 Å². The SMILES string of the molecule is C#Cc1c(F)ccc2cc(O)cc(-c3ncc4c(N5CC6CCC(C5)N6)nc(N5CC[C@@H](N6CCC(CC7CCN(c8ccc9c(c8)n(C)c(=O)n9C8CCC(=O)NC8=O)CC7)CC6)C5)nc4c3F)c12. The van der Waals surface area contributed by atoms with E-state index in [1.807, 2.05) is 6.07 Å². The Balaban J connectivity index is 0.719. The van der Waals surface area contributed by atoms with Crippen LogP contribution in [0.3, 0.4) is 0 Å². The highest BCUT2D eigenvalue weighted by molar-refractivity contribution is 6.03. The number of phenols is 1. The van der Waals surface area contributed by atoms with E-state index in [1.54, 1.807) is 17.8 Å². The Hall–Kier alpha value is -6.64. The van der Waals surface area contributed by atoms with Gasteiger partial charge in [-0.1, -0.05) is 12.0 Å². The highest BCUT2D eigenvalue weighted by Crippen LogP contribution is 2.41. The molecule has 4 atom stereocenters. The number of nitrogens with zero attached hydrogens (tertiary/aromatic N) is 9. The van der Waals surface area contributed by atoms with E-state index in [0.29, 0.717) is 69.8 Å². The molecule has 6 aliphatic heterocycles. The van der Waals surface area contributed by atoms with Crippen LogP contribution in [0.25, 0.3) is 44.0 Å². The predicted molar refractivity (Wildman–Crippen MR) is 265 cm³/mol. The zero-order chi connectivity index (χ0) is 47.9. The van der Waals surface area contributed by atoms with Gasteiger partial charge in [0, 0.05) is 93.7 Å². The number of pyridine rings is 1. The Morgan fingerprint density at radius 3 is 2.30 bits per heavy atom. The number of phenolic OH excluding ortho intramolecular Hbond substituents is 1. The fraction of sp³-hybridized carbons (Fsp3) is 0.472. The zero-order valence-electron chi connectivity index (χ0n) is 39.3. The second-order valence-electron chi connectivity index (χ2n) is 20.6. The van der Waals surface area contributed by atoms with E-state index in [9.17, 15) is 19.5 Å². The lowest BCUT2D eigenvalue weighted by molar-refractivity contribution is -0.135. The molecule has 0 spiro atoms. The number of imidazole rings is 1. The van der Waals surface area contributed by atoms with Crippen molar-refractivity contribution in [1.82, 2.24) is 39.6 Å². The van der Waals surface area contributed by atoms with Crippen molar-refractivity contribution in [2.24, 2.45) is 18.9 Å². The molecule has 0 radical (unpaired) electrons. The zero-order valence-corrected chi connectivity index (χ0v) is 39.3. The molecule has 6 aliphatic rings. The second-order valence-corrected chi connectivity index (χ2v) is 20.6. The van der Waals surface area contributed by atoms with Crippen molar-refractivity contribution in [2.45, 2.75) is 88.4 Å². The summed E-state index contributed by atoms with van der Waals surface area (Å²) < 4.78 is 35.5. The number of aromatic hydroxyl groups is 1. The fourth-order valence-electron chi connectivity index (χ4n) is 12.8. The highest BCUT2D eigenvalue weighted by Gasteiger charge is 2.37. The average molecular weight is 950 g/mol. The summed E-state index contributed by atoms with van der Waals surface area (Å²) in [5.41, 5.74) is 2.55. The van der Waals surface area contributed by atoms with Crippen molar-refractivity contribution in [3.05, 3.63) is 76.3 Å². The highest BCUT2D eigenvalue weighted by atomic mass is 19.1. The maximum absolute atomic E-state index is 17.3. The number of aryl methyl sites for hydroxylation is 1. The molecular weight excluding hydrogens is 893 g/mol. The van der Waals surface area contributed by atoms with Gasteiger partial charge in [-0.2, -0.15) is 4.98 Å². The molecule has 9 heterocycles. The van der Waals surface area contributed by atoms with Gasteiger partial charge >= 0.3 is 5.69 Å². The first kappa shape index (κ1) is 44.6. The first-order valence-electron chi connectivity index (χ1n) is 25.1. The van der Waals surface area contributed by atoms with Gasteiger partial charge in [-0.15, -0.1) is 6.42 Å². The van der Waals surface area contributed by atoms with E-state index in [1.165, 1.54) is 35.3 Å². The van der Waals surface area contributed by atoms with Gasteiger partial charge < -0.3 is 25.1 Å². The Kier molecular flexibility index (Phi) is 11.2. The molecule has 362 valence electrons. The van der Waals surface area contributed by atoms with Crippen molar-refractivity contribution in [2.75, 3.05) is 67.1 Å². The van der Waals surface area contributed by atoms with Crippen LogP contribution in [0, 0.1) is 35.8 Å². The molecule has 3 aromatic carbocycles. The van der Waals surface area contributed by atoms with E-state index in [0.717, 1.165) is 109 Å². The third-order valence-electron chi connectivity index (χ3n) is 16.5. The normalized spacial score (nSPS) is 23.8. The molecule has 70 heavy (non-hydrogen) atoms. The number of hydrogen-bond donors (Lipinski definition) is 3. The molecule has 0 saturated carbocycles. The number of fused-ring (bicyclic) bond motifs is 5. The fourth-order valence-corrected chi connectivity index (χ4v) is 12.8. The minimum atomic E-state index is -0.701. The van der Waals surface area contributed by atoms with E-state index in [4.69, 9.17) is 16.4 Å². The number of anilines is 3. The molecule has 6 aromatic rings. The molecule has 17 heteroatoms. The summed E-state index contributed by atoms with van der Waals surface area (Å²) in [6.07, 6.45) is 16.8. The summed E-state index contributed by atoms with van der Waals surface area (Å²) in [5, 5.41) is 18.1. The molecule has 3 unspecified atom stereocenters. The summed E-state index contributed by atoms with van der Waals surface area (Å²) in [4.78, 5) is 62.1. The molecule has 3 N–H and O–H groups in total. The van der Waals surface area contributed by atoms with Gasteiger partial charge in [-0.3, -0.25) is 33.9 Å². The minimum Gasteiger partial charge on any atom is -0.508 e. The van der Waals surface area contributed by atoms with Crippen molar-refractivity contribution < 1.29 is 23.5 Å². The molecule has 0 aliphatic carbocycles. The number of halogens is 2. The number of carbonyl (C=O) groups is 2. The summed E-state index contributed by atoms with van der Waals surface area (Å²) in [6, 6.07) is 12.0. The molecule has 15 nitrogen and oxygen atoms in total. The van der Waals surface area contributed by atoms with Crippen LogP contribution in [-0.4, -0.2) is 116 Å². The number of rotatable bonds is 8. The number of benzene rings is 3. The first-order valence-corrected chi connectivity index (χ1v) is 25.1. The Morgan fingerprint density at radius 1 is 0.814 bits per heavy atom. The standard InChI is InChI=1S/C53H57F2N11O4/c1-3-38-41(54)8-4-32-23-37(67)25-39(46(32)38)48-47(55)49-40(26-56-48)50(65-27-33-5-6-34(28-65)57-33)60-52(59-49)64-21-16-36(29-64)63-19-14-31(15-20-63)22-30-12-17-62(18-13-30)35-7-9-42-44(24-35)61(2)53(70)66(42)43-10-11-45(68)58-51(43)69/h1,4,7-9,23-26,30-31,33-34,36,43,57,67H,5-6,10-22,27-29H2,2H3,(H,58,68,69)/t33?,34?,36-,43?/m1/s1. The number of piperidine rings is 3. The molecule has 2 bridgehead atoms. The van der Waals surface area contributed by atoms with Gasteiger partial charge in [-0.05, 0) is 124 Å². The minimum absolute atomic E-state index is 0.0208. The van der Waals surface area contributed by atoms with Crippen LogP contribution in [0.5, 0.6) is 5.75 Å². The number of imide groups is 1. The Bertz CT molecular complexity index is 3190. The maximum atomic E-state index is 17.3. The molecule has 2 amide bonds. The number of piperazine rings is 1. The Labute approximate surface area is 403 Å². The average Bonchev–Trinajstić information content (AvgIpc) is 4.06. The molecule has 6 fully saturated rings. The predicted octanol–water partition coefficient (Wildman–Crippen LogP) is 5.98. The molecular formula is C53H57F2N11O4. The van der Waals surface area contributed by atoms with Crippen molar-refractivity contribution in [1.29, 1.82) is 0 Å². The maximum Gasteiger partial charge on any atom is 0.329 e. The Morgan fingerprint density at radius 2 is 1.56 bits per heavy atom. The van der Waals surface area contributed by atoms with Crippen LogP contribution in [-0.2, 0) is 16.6 Å². The second kappa shape index (κ2) is 17.6. The number of terminal acetylenes is 1. The van der Waals surface area contributed by atoms with E-state index < -0.39 is 23.6 Å². The van der Waals surface area contributed by atoms with Gasteiger partial charge in [0.25, 0.3) is 0 Å². The third-order valence-corrected chi connectivity index (χ3v) is 16.5. The lowest BCUT2D eigenvalue weighted by Crippen LogP contribution is -2.51. The van der Waals surface area contributed by atoms with Crippen molar-refractivity contribution in [3.8, 4) is 29.4 Å². The van der Waals surface area contributed by atoms with Gasteiger partial charge in [0.1, 0.15) is 34.6 Å². The largest absolute Gasteiger partial charge is 0.508 e. The summed E-state index contributed by atoms with van der Waals surface area (Å²) in [6.45, 7) is 6.95. The monoisotopic (exact) mass is 949 g/mol. The summed E-state index contributed by atoms with van der Waals surface area (Å²) in [5.74, 6) is 2.79. The number of likely N-dealkylation sites (tertiary alicyclic amines) is 1. The van der Waals surface area contributed by atoms with Gasteiger partial charge in [0.15, 0.2) is 5.82 Å². The van der Waals surface area contributed by atoms with Crippen LogP contribution in [0.4, 0.5) is 26.2 Å². The smallest absolute Gasteiger partial charge is 0.329 e. The summed E-state index contributed by atoms with van der Waals surface area (Å²) >= 11 is 0. The van der Waals surface area contributed by atoms with Gasteiger partial charge in [0.2, 0.25) is 17.8 Å². The lowest BCUT2D eigenvalue weighted by Gasteiger charge is -2.39. The first-order chi connectivity index (χ1) is 34.0. The van der Waals surface area contributed by atoms with Gasteiger partial charge in [-0.25, -0.2) is 18.6 Å². The van der Waals surface area contributed by atoms with Crippen molar-refractivity contribution >= 4 is 62.0 Å². The van der Waals surface area contributed by atoms with E-state index in [2.05, 4.69) is 53.3 Å². The molecule has 3 aromatic heterocycles. The van der Waals surface area contributed by atoms with Crippen LogP contribution in [0.1, 0.15) is 75.8 Å². The van der Waals surface area contributed by atoms with E-state index in [-0.39, 0.29) is 46.1 Å². The summed E-state index contributed by atoms with van der Waals surface area (Å²) in [7, 11) is 1.74. The van der Waals surface area contributed by atoms with Crippen LogP contribution >= 0.6 is 0 Å². The topological polar surface area (TPSA) is 157 Å². The van der Waals surface area contributed by atoms with E-state index >= 15 is 8.78 Å². The quantitative estimate of drug-likeness (QED) is 0.121. The lowest BCUT2D eigenvalue weighted by atomic mass is 9.82. The van der Waals surface area contributed by atoms with Crippen LogP contribution in [0.2, 0.25) is 0 Å². The third kappa shape index (κ3) is 7.79. The number of amides is 2. The number of hydrogen-bond acceptors (Lipinski definition) is 12. The molecule has 6 saturated heterocycles. The van der Waals surface area contributed by atoms with Crippen molar-refractivity contribution in [3.63, 3.8) is 0 Å².